The molecule has 0 aliphatic rings. The summed E-state index contributed by atoms with van der Waals surface area (Å²) in [4.78, 5) is 0. The molecule has 2 rings (SSSR count). The van der Waals surface area contributed by atoms with Gasteiger partial charge in [0, 0.05) is 22.8 Å². The number of ether oxygens (including phenoxy) is 2. The minimum Gasteiger partial charge on any atom is -0.493 e. The number of para-hydroxylation sites is 1. The van der Waals surface area contributed by atoms with Crippen LogP contribution >= 0.6 is 11.6 Å². The van der Waals surface area contributed by atoms with Gasteiger partial charge < -0.3 is 14.8 Å². The van der Waals surface area contributed by atoms with Crippen LogP contribution in [0.15, 0.2) is 36.4 Å². The molecule has 0 fully saturated rings. The number of methoxy groups -OCH3 is 2. The molecule has 0 aromatic heterocycles. The molecule has 3 nitrogen and oxygen atoms in total. The molecule has 0 bridgehead atoms. The molecule has 0 heterocycles. The Balaban J connectivity index is 2.18. The van der Waals surface area contributed by atoms with Gasteiger partial charge in [-0.1, -0.05) is 23.7 Å². The largest absolute Gasteiger partial charge is 0.493 e. The SMILES string of the molecule is COc1cccc(CNc2cc(F)cc(Cl)c2)c1OC. The van der Waals surface area contributed by atoms with Gasteiger partial charge in [0.05, 0.1) is 14.2 Å². The molecule has 5 heteroatoms. The highest BCUT2D eigenvalue weighted by atomic mass is 35.5. The fourth-order valence-electron chi connectivity index (χ4n) is 1.95. The summed E-state index contributed by atoms with van der Waals surface area (Å²) in [7, 11) is 3.17. The smallest absolute Gasteiger partial charge is 0.165 e. The van der Waals surface area contributed by atoms with Gasteiger partial charge in [-0.25, -0.2) is 4.39 Å². The highest BCUT2D eigenvalue weighted by Crippen LogP contribution is 2.31. The summed E-state index contributed by atoms with van der Waals surface area (Å²) in [6.07, 6.45) is 0. The molecule has 0 radical (unpaired) electrons. The highest BCUT2D eigenvalue weighted by Gasteiger charge is 2.09. The predicted molar refractivity (Wildman–Crippen MR) is 78.3 cm³/mol. The number of anilines is 1. The van der Waals surface area contributed by atoms with Crippen LogP contribution in [0.25, 0.3) is 0 Å². The lowest BCUT2D eigenvalue weighted by atomic mass is 10.1. The van der Waals surface area contributed by atoms with E-state index in [4.69, 9.17) is 21.1 Å². The van der Waals surface area contributed by atoms with E-state index in [0.29, 0.717) is 28.8 Å². The summed E-state index contributed by atoms with van der Waals surface area (Å²) in [5, 5.41) is 3.46. The molecule has 0 saturated heterocycles. The number of benzene rings is 2. The van der Waals surface area contributed by atoms with E-state index in [2.05, 4.69) is 5.32 Å². The van der Waals surface area contributed by atoms with Gasteiger partial charge in [0.25, 0.3) is 0 Å². The van der Waals surface area contributed by atoms with Gasteiger partial charge in [-0.2, -0.15) is 0 Å². The third-order valence-electron chi connectivity index (χ3n) is 2.83. The topological polar surface area (TPSA) is 30.5 Å². The maximum Gasteiger partial charge on any atom is 0.165 e. The number of hydrogen-bond acceptors (Lipinski definition) is 3. The third-order valence-corrected chi connectivity index (χ3v) is 3.05. The maximum atomic E-state index is 13.2. The molecular weight excluding hydrogens is 281 g/mol. The fraction of sp³-hybridized carbons (Fsp3) is 0.200. The number of halogens is 2. The highest BCUT2D eigenvalue weighted by molar-refractivity contribution is 6.30. The number of rotatable bonds is 5. The molecule has 0 unspecified atom stereocenters. The summed E-state index contributed by atoms with van der Waals surface area (Å²) >= 11 is 5.81. The quantitative estimate of drug-likeness (QED) is 0.900. The van der Waals surface area contributed by atoms with Gasteiger partial charge >= 0.3 is 0 Å². The lowest BCUT2D eigenvalue weighted by Crippen LogP contribution is -2.03. The minimum absolute atomic E-state index is 0.352. The average Bonchev–Trinajstić information content (AvgIpc) is 2.43. The van der Waals surface area contributed by atoms with Gasteiger partial charge in [0.1, 0.15) is 5.82 Å². The first-order chi connectivity index (χ1) is 9.63. The van der Waals surface area contributed by atoms with E-state index in [0.717, 1.165) is 5.56 Å². The monoisotopic (exact) mass is 295 g/mol. The van der Waals surface area contributed by atoms with E-state index in [-0.39, 0.29) is 5.82 Å². The predicted octanol–water partition coefficient (Wildman–Crippen LogP) is 4.11. The van der Waals surface area contributed by atoms with Gasteiger partial charge in [-0.3, -0.25) is 0 Å². The van der Waals surface area contributed by atoms with Crippen molar-refractivity contribution in [3.05, 3.63) is 52.8 Å². The zero-order valence-electron chi connectivity index (χ0n) is 11.2. The standard InChI is InChI=1S/C15H15ClFNO2/c1-19-14-5-3-4-10(15(14)20-2)9-18-13-7-11(16)6-12(17)8-13/h3-8,18H,9H2,1-2H3. The molecule has 1 N–H and O–H groups in total. The number of nitrogens with one attached hydrogen (secondary N) is 1. The van der Waals surface area contributed by atoms with Crippen LogP contribution in [0.5, 0.6) is 11.5 Å². The molecular formula is C15H15ClFNO2. The zero-order valence-corrected chi connectivity index (χ0v) is 12.0. The Morgan fingerprint density at radius 2 is 1.95 bits per heavy atom. The average molecular weight is 296 g/mol. The molecule has 0 atom stereocenters. The molecule has 2 aromatic carbocycles. The second kappa shape index (κ2) is 6.48. The third kappa shape index (κ3) is 3.33. The van der Waals surface area contributed by atoms with E-state index in [1.54, 1.807) is 20.3 Å². The van der Waals surface area contributed by atoms with Crippen molar-refractivity contribution in [1.82, 2.24) is 0 Å². The van der Waals surface area contributed by atoms with Crippen molar-refractivity contribution < 1.29 is 13.9 Å². The van der Waals surface area contributed by atoms with Crippen molar-refractivity contribution in [2.45, 2.75) is 6.54 Å². The van der Waals surface area contributed by atoms with Crippen molar-refractivity contribution in [1.29, 1.82) is 0 Å². The summed E-state index contributed by atoms with van der Waals surface area (Å²) in [6, 6.07) is 9.92. The van der Waals surface area contributed by atoms with Crippen LogP contribution in [0.4, 0.5) is 10.1 Å². The van der Waals surface area contributed by atoms with E-state index in [1.165, 1.54) is 12.1 Å². The Labute approximate surface area is 122 Å². The Hall–Kier alpha value is -1.94. The van der Waals surface area contributed by atoms with E-state index >= 15 is 0 Å². The van der Waals surface area contributed by atoms with Gasteiger partial charge in [0.2, 0.25) is 0 Å². The van der Waals surface area contributed by atoms with Gasteiger partial charge in [0.15, 0.2) is 11.5 Å². The second-order valence-corrected chi connectivity index (χ2v) is 4.60. The molecule has 0 amide bonds. The van der Waals surface area contributed by atoms with Crippen LogP contribution in [-0.4, -0.2) is 14.2 Å². The maximum absolute atomic E-state index is 13.2. The van der Waals surface area contributed by atoms with Crippen LogP contribution in [-0.2, 0) is 6.54 Å². The van der Waals surface area contributed by atoms with Gasteiger partial charge in [-0.15, -0.1) is 0 Å². The summed E-state index contributed by atoms with van der Waals surface area (Å²) in [5.74, 6) is 0.937. The Morgan fingerprint density at radius 1 is 1.15 bits per heavy atom. The molecule has 106 valence electrons. The van der Waals surface area contributed by atoms with E-state index in [9.17, 15) is 4.39 Å². The van der Waals surface area contributed by atoms with Crippen molar-refractivity contribution >= 4 is 17.3 Å². The van der Waals surface area contributed by atoms with Crippen LogP contribution in [0, 0.1) is 5.82 Å². The van der Waals surface area contributed by atoms with Crippen molar-refractivity contribution in [3.63, 3.8) is 0 Å². The normalized spacial score (nSPS) is 10.2. The Morgan fingerprint density at radius 3 is 2.60 bits per heavy atom. The molecule has 20 heavy (non-hydrogen) atoms. The fourth-order valence-corrected chi connectivity index (χ4v) is 2.17. The van der Waals surface area contributed by atoms with E-state index in [1.807, 2.05) is 18.2 Å². The van der Waals surface area contributed by atoms with Crippen LogP contribution in [0.1, 0.15) is 5.56 Å². The first kappa shape index (κ1) is 14.5. The van der Waals surface area contributed by atoms with Gasteiger partial charge in [-0.05, 0) is 24.3 Å². The summed E-state index contributed by atoms with van der Waals surface area (Å²) in [5.41, 5.74) is 1.52. The molecule has 0 saturated carbocycles. The van der Waals surface area contributed by atoms with Crippen LogP contribution < -0.4 is 14.8 Å². The molecule has 0 aliphatic heterocycles. The lowest BCUT2D eigenvalue weighted by molar-refractivity contribution is 0.352. The zero-order chi connectivity index (χ0) is 14.5. The summed E-state index contributed by atoms with van der Waals surface area (Å²) in [6.45, 7) is 0.472. The second-order valence-electron chi connectivity index (χ2n) is 4.16. The molecule has 0 aliphatic carbocycles. The molecule has 0 spiro atoms. The van der Waals surface area contributed by atoms with Crippen molar-refractivity contribution in [2.75, 3.05) is 19.5 Å². The van der Waals surface area contributed by atoms with E-state index < -0.39 is 0 Å². The van der Waals surface area contributed by atoms with Crippen LogP contribution in [0.3, 0.4) is 0 Å². The molecule has 2 aromatic rings. The lowest BCUT2D eigenvalue weighted by Gasteiger charge is -2.13. The summed E-state index contributed by atoms with van der Waals surface area (Å²) < 4.78 is 23.8. The Bertz CT molecular complexity index is 584. The Kier molecular flexibility index (Phi) is 4.69. The first-order valence-corrected chi connectivity index (χ1v) is 6.41. The van der Waals surface area contributed by atoms with Crippen LogP contribution in [0.2, 0.25) is 5.02 Å². The van der Waals surface area contributed by atoms with Crippen molar-refractivity contribution in [3.8, 4) is 11.5 Å². The first-order valence-electron chi connectivity index (χ1n) is 6.04. The minimum atomic E-state index is -0.377. The van der Waals surface area contributed by atoms with Crippen molar-refractivity contribution in [2.24, 2.45) is 0 Å². The number of hydrogen-bond donors (Lipinski definition) is 1.